The fourth-order valence-corrected chi connectivity index (χ4v) is 2.39. The molecule has 3 N–H and O–H groups in total. The minimum atomic E-state index is -0.429. The summed E-state index contributed by atoms with van der Waals surface area (Å²) in [5.74, 6) is 0. The van der Waals surface area contributed by atoms with Crippen LogP contribution in [0.15, 0.2) is 12.1 Å². The summed E-state index contributed by atoms with van der Waals surface area (Å²) in [5, 5.41) is 9.34. The third kappa shape index (κ3) is 4.95. The van der Waals surface area contributed by atoms with E-state index in [1.165, 1.54) is 4.88 Å². The molecule has 0 aliphatic carbocycles. The van der Waals surface area contributed by atoms with Crippen LogP contribution in [0.5, 0.6) is 0 Å². The highest BCUT2D eigenvalue weighted by Crippen LogP contribution is 2.21. The Morgan fingerprint density at radius 2 is 2.33 bits per heavy atom. The molecule has 15 heavy (non-hydrogen) atoms. The number of thiophene rings is 1. The lowest BCUT2D eigenvalue weighted by Gasteiger charge is -2.18. The van der Waals surface area contributed by atoms with Crippen LogP contribution in [-0.2, 0) is 6.42 Å². The van der Waals surface area contributed by atoms with Crippen molar-refractivity contribution < 1.29 is 5.11 Å². The Morgan fingerprint density at radius 3 is 2.87 bits per heavy atom. The summed E-state index contributed by atoms with van der Waals surface area (Å²) >= 11 is 7.44. The van der Waals surface area contributed by atoms with Gasteiger partial charge in [-0.25, -0.2) is 0 Å². The quantitative estimate of drug-likeness (QED) is 0.795. The molecule has 86 valence electrons. The van der Waals surface area contributed by atoms with Gasteiger partial charge in [0.1, 0.15) is 0 Å². The topological polar surface area (TPSA) is 49.5 Å². The van der Waals surface area contributed by atoms with Gasteiger partial charge in [0.25, 0.3) is 0 Å². The van der Waals surface area contributed by atoms with E-state index in [1.807, 2.05) is 19.2 Å². The highest BCUT2D eigenvalue weighted by atomic mass is 35.5. The highest BCUT2D eigenvalue weighted by molar-refractivity contribution is 7.16. The van der Waals surface area contributed by atoms with Crippen LogP contribution in [0.4, 0.5) is 0 Å². The number of aliphatic hydroxyl groups excluding tert-OH is 1. The summed E-state index contributed by atoms with van der Waals surface area (Å²) in [6, 6.07) is 3.95. The summed E-state index contributed by atoms with van der Waals surface area (Å²) in [7, 11) is 1.98. The smallest absolute Gasteiger partial charge is 0.0931 e. The number of rotatable bonds is 6. The van der Waals surface area contributed by atoms with E-state index >= 15 is 0 Å². The predicted octanol–water partition coefficient (Wildman–Crippen LogP) is 1.20. The van der Waals surface area contributed by atoms with Gasteiger partial charge in [-0.2, -0.15) is 0 Å². The fraction of sp³-hybridized carbons (Fsp3) is 0.600. The van der Waals surface area contributed by atoms with E-state index in [4.69, 9.17) is 17.3 Å². The molecule has 0 saturated heterocycles. The molecule has 0 aliphatic rings. The summed E-state index contributed by atoms with van der Waals surface area (Å²) in [5.41, 5.74) is 5.34. The minimum absolute atomic E-state index is 0.315. The van der Waals surface area contributed by atoms with Crippen molar-refractivity contribution in [1.29, 1.82) is 0 Å². The molecule has 0 fully saturated rings. The predicted molar refractivity (Wildman–Crippen MR) is 65.6 cm³/mol. The second-order valence-corrected chi connectivity index (χ2v) is 5.41. The van der Waals surface area contributed by atoms with E-state index in [9.17, 15) is 5.11 Å². The summed E-state index contributed by atoms with van der Waals surface area (Å²) in [4.78, 5) is 3.35. The number of likely N-dealkylation sites (N-methyl/N-ethyl adjacent to an activating group) is 1. The SMILES string of the molecule is CN(CCc1ccc(Cl)s1)CC(O)CN. The molecule has 0 spiro atoms. The van der Waals surface area contributed by atoms with Crippen molar-refractivity contribution in [3.8, 4) is 0 Å². The van der Waals surface area contributed by atoms with Gasteiger partial charge in [0, 0.05) is 24.5 Å². The molecule has 1 rings (SSSR count). The van der Waals surface area contributed by atoms with Crippen LogP contribution in [0.25, 0.3) is 0 Å². The summed E-state index contributed by atoms with van der Waals surface area (Å²) in [6.45, 7) is 1.85. The number of hydrogen-bond donors (Lipinski definition) is 2. The molecule has 0 bridgehead atoms. The Labute approximate surface area is 99.5 Å². The van der Waals surface area contributed by atoms with Gasteiger partial charge in [-0.3, -0.25) is 0 Å². The Balaban J connectivity index is 2.25. The second kappa shape index (κ2) is 6.45. The van der Waals surface area contributed by atoms with Gasteiger partial charge in [0.15, 0.2) is 0 Å². The van der Waals surface area contributed by atoms with Crippen molar-refractivity contribution in [3.05, 3.63) is 21.3 Å². The van der Waals surface area contributed by atoms with E-state index < -0.39 is 6.10 Å². The van der Waals surface area contributed by atoms with Crippen LogP contribution >= 0.6 is 22.9 Å². The maximum absolute atomic E-state index is 9.34. The molecule has 1 aromatic rings. The zero-order valence-corrected chi connectivity index (χ0v) is 10.4. The Hall–Kier alpha value is -0.130. The van der Waals surface area contributed by atoms with Crippen LogP contribution < -0.4 is 5.73 Å². The van der Waals surface area contributed by atoms with Gasteiger partial charge in [0.2, 0.25) is 0 Å². The van der Waals surface area contributed by atoms with Gasteiger partial charge < -0.3 is 15.7 Å². The lowest BCUT2D eigenvalue weighted by molar-refractivity contribution is 0.133. The van der Waals surface area contributed by atoms with Gasteiger partial charge in [-0.05, 0) is 25.6 Å². The fourth-order valence-electron chi connectivity index (χ4n) is 1.31. The monoisotopic (exact) mass is 248 g/mol. The van der Waals surface area contributed by atoms with Crippen molar-refractivity contribution in [2.75, 3.05) is 26.7 Å². The van der Waals surface area contributed by atoms with E-state index in [0.717, 1.165) is 17.3 Å². The molecule has 0 saturated carbocycles. The maximum atomic E-state index is 9.34. The first-order chi connectivity index (χ1) is 7.11. The van der Waals surface area contributed by atoms with Crippen LogP contribution in [-0.4, -0.2) is 42.8 Å². The molecule has 5 heteroatoms. The molecular formula is C10H17ClN2OS. The number of aliphatic hydroxyl groups is 1. The van der Waals surface area contributed by atoms with Gasteiger partial charge in [0.05, 0.1) is 10.4 Å². The van der Waals surface area contributed by atoms with Crippen LogP contribution in [0, 0.1) is 0 Å². The molecule has 0 radical (unpaired) electrons. The lowest BCUT2D eigenvalue weighted by Crippen LogP contribution is -2.35. The molecule has 1 heterocycles. The average Bonchev–Trinajstić information content (AvgIpc) is 2.61. The first-order valence-electron chi connectivity index (χ1n) is 4.92. The van der Waals surface area contributed by atoms with E-state index in [1.54, 1.807) is 11.3 Å². The molecule has 0 aliphatic heterocycles. The highest BCUT2D eigenvalue weighted by Gasteiger charge is 2.06. The standard InChI is InChI=1S/C10H17ClN2OS/c1-13(7-8(14)6-12)5-4-9-2-3-10(11)15-9/h2-3,8,14H,4-7,12H2,1H3. The molecule has 0 amide bonds. The van der Waals surface area contributed by atoms with Crippen LogP contribution in [0.1, 0.15) is 4.88 Å². The Bertz CT molecular complexity index is 293. The van der Waals surface area contributed by atoms with Crippen LogP contribution in [0.2, 0.25) is 4.34 Å². The molecule has 1 aromatic heterocycles. The number of nitrogens with two attached hydrogens (primary N) is 1. The molecule has 3 nitrogen and oxygen atoms in total. The van der Waals surface area contributed by atoms with Crippen LogP contribution in [0.3, 0.4) is 0 Å². The summed E-state index contributed by atoms with van der Waals surface area (Å²) in [6.07, 6.45) is 0.535. The second-order valence-electron chi connectivity index (χ2n) is 3.61. The van der Waals surface area contributed by atoms with Crippen molar-refractivity contribution in [1.82, 2.24) is 4.90 Å². The minimum Gasteiger partial charge on any atom is -0.390 e. The molecule has 1 unspecified atom stereocenters. The Kier molecular flexibility index (Phi) is 5.56. The summed E-state index contributed by atoms with van der Waals surface area (Å²) < 4.78 is 0.828. The zero-order chi connectivity index (χ0) is 11.3. The van der Waals surface area contributed by atoms with Gasteiger partial charge in [-0.1, -0.05) is 11.6 Å². The van der Waals surface area contributed by atoms with Crippen molar-refractivity contribution in [2.45, 2.75) is 12.5 Å². The third-order valence-corrected chi connectivity index (χ3v) is 3.45. The zero-order valence-electron chi connectivity index (χ0n) is 8.82. The van der Waals surface area contributed by atoms with Gasteiger partial charge >= 0.3 is 0 Å². The van der Waals surface area contributed by atoms with Gasteiger partial charge in [-0.15, -0.1) is 11.3 Å². The Morgan fingerprint density at radius 1 is 1.60 bits per heavy atom. The first-order valence-corrected chi connectivity index (χ1v) is 6.12. The molecule has 0 aromatic carbocycles. The average molecular weight is 249 g/mol. The molecule has 1 atom stereocenters. The largest absolute Gasteiger partial charge is 0.390 e. The van der Waals surface area contributed by atoms with E-state index in [0.29, 0.717) is 13.1 Å². The van der Waals surface area contributed by atoms with Crippen molar-refractivity contribution in [3.63, 3.8) is 0 Å². The number of halogens is 1. The molecular weight excluding hydrogens is 232 g/mol. The number of hydrogen-bond acceptors (Lipinski definition) is 4. The van der Waals surface area contributed by atoms with Crippen molar-refractivity contribution >= 4 is 22.9 Å². The third-order valence-electron chi connectivity index (χ3n) is 2.16. The lowest BCUT2D eigenvalue weighted by atomic mass is 10.3. The maximum Gasteiger partial charge on any atom is 0.0931 e. The van der Waals surface area contributed by atoms with E-state index in [-0.39, 0.29) is 0 Å². The first kappa shape index (κ1) is 12.9. The van der Waals surface area contributed by atoms with Crippen molar-refractivity contribution in [2.24, 2.45) is 5.73 Å². The number of nitrogens with zero attached hydrogens (tertiary/aromatic N) is 1. The van der Waals surface area contributed by atoms with E-state index in [2.05, 4.69) is 4.90 Å². The normalized spacial score (nSPS) is 13.4.